The van der Waals surface area contributed by atoms with Gasteiger partial charge < -0.3 is 0 Å². The second kappa shape index (κ2) is 24.4. The highest BCUT2D eigenvalue weighted by atomic mass is 35.5. The van der Waals surface area contributed by atoms with E-state index in [2.05, 4.69) is 202 Å². The maximum Gasteiger partial charge on any atom is 0.238 e. The Morgan fingerprint density at radius 1 is 0.292 bits per heavy atom. The van der Waals surface area contributed by atoms with Gasteiger partial charge in [-0.25, -0.2) is 9.97 Å². The zero-order valence-corrected chi connectivity index (χ0v) is 50.3. The molecule has 0 bridgehead atoms. The molecule has 428 valence electrons. The Kier molecular flexibility index (Phi) is 15.6. The van der Waals surface area contributed by atoms with Crippen molar-refractivity contribution < 1.29 is 0 Å². The molecular weight excluding hydrogens is 1190 g/mol. The topological polar surface area (TPSA) is 82.3 Å². The zero-order valence-electron chi connectivity index (χ0n) is 46.3. The minimum atomic E-state index is 0. The second-order valence-corrected chi connectivity index (χ2v) is 25.6. The first-order chi connectivity index (χ1) is 43.0. The highest BCUT2D eigenvalue weighted by molar-refractivity contribution is 7.33. The molecule has 7 aromatic heterocycles. The Balaban J connectivity index is 0.000000127. The van der Waals surface area contributed by atoms with Crippen LogP contribution in [0.1, 0.15) is 26.0 Å². The summed E-state index contributed by atoms with van der Waals surface area (Å²) < 4.78 is 10.2. The van der Waals surface area contributed by atoms with E-state index in [0.717, 1.165) is 62.0 Å². The van der Waals surface area contributed by atoms with Crippen molar-refractivity contribution in [1.29, 1.82) is 0 Å². The molecule has 89 heavy (non-hydrogen) atoms. The normalized spacial score (nSPS) is 11.4. The number of hydrogen-bond donors (Lipinski definition) is 0. The fourth-order valence-corrected chi connectivity index (χ4v) is 17.0. The average molecular weight is 1240 g/mol. The van der Waals surface area contributed by atoms with Gasteiger partial charge in [0.2, 0.25) is 11.2 Å². The smallest absolute Gasteiger partial charge is 0.238 e. The third-order valence-electron chi connectivity index (χ3n) is 15.7. The monoisotopic (exact) mass is 1240 g/mol. The van der Waals surface area contributed by atoms with Gasteiger partial charge in [-0.1, -0.05) is 245 Å². The van der Waals surface area contributed by atoms with Crippen LogP contribution in [0.3, 0.4) is 0 Å². The van der Waals surface area contributed by atoms with Crippen LogP contribution in [0.25, 0.3) is 144 Å². The lowest BCUT2D eigenvalue weighted by Gasteiger charge is -2.11. The molecule has 7 heterocycles. The van der Waals surface area contributed by atoms with E-state index in [9.17, 15) is 0 Å². The van der Waals surface area contributed by atoms with Gasteiger partial charge in [0, 0.05) is 68.0 Å². The SMILES string of the molecule is C.C.Clc1nc(-c2ccccc2)nc(-c2cccc(-c3ccccc3)c2)n1.c1ccc(-c2cccc(-c3nc(-c4ccccc4)nc(-n4c5c6ccccc6sc5c5sc6ccccc6c54)n3)c2)cc1.c1ccc2c3c(sc2c1)-c1sc2ccccc2c1C3. The molecule has 0 aliphatic heterocycles. The quantitative estimate of drug-likeness (QED) is 0.158. The minimum absolute atomic E-state index is 0. The Labute approximate surface area is 536 Å². The minimum Gasteiger partial charge on any atom is -0.275 e. The van der Waals surface area contributed by atoms with Crippen molar-refractivity contribution in [1.82, 2.24) is 34.5 Å². The first-order valence-corrected chi connectivity index (χ1v) is 32.1. The van der Waals surface area contributed by atoms with E-state index in [-0.39, 0.29) is 20.1 Å². The summed E-state index contributed by atoms with van der Waals surface area (Å²) in [4.78, 5) is 31.6. The van der Waals surface area contributed by atoms with Crippen LogP contribution in [-0.4, -0.2) is 34.5 Å². The van der Waals surface area contributed by atoms with Crippen LogP contribution in [0.2, 0.25) is 5.28 Å². The lowest BCUT2D eigenvalue weighted by Crippen LogP contribution is -2.06. The summed E-state index contributed by atoms with van der Waals surface area (Å²) in [7, 11) is 0. The number of halogens is 1. The highest BCUT2D eigenvalue weighted by Crippen LogP contribution is 2.53. The number of benzene rings is 10. The van der Waals surface area contributed by atoms with E-state index in [1.54, 1.807) is 11.1 Å². The molecule has 7 nitrogen and oxygen atoms in total. The van der Waals surface area contributed by atoms with E-state index in [0.29, 0.717) is 29.2 Å². The van der Waals surface area contributed by atoms with Crippen LogP contribution in [0.15, 0.2) is 267 Å². The number of nitrogens with zero attached hydrogens (tertiary/aromatic N) is 7. The number of aromatic nitrogens is 7. The molecule has 12 heteroatoms. The zero-order chi connectivity index (χ0) is 57.8. The van der Waals surface area contributed by atoms with Gasteiger partial charge in [-0.15, -0.1) is 45.3 Å². The van der Waals surface area contributed by atoms with Crippen LogP contribution in [0.5, 0.6) is 0 Å². The summed E-state index contributed by atoms with van der Waals surface area (Å²) in [6.07, 6.45) is 1.11. The summed E-state index contributed by atoms with van der Waals surface area (Å²) in [6, 6.07) is 92.0. The lowest BCUT2D eigenvalue weighted by molar-refractivity contribution is 0.957. The number of hydrogen-bond acceptors (Lipinski definition) is 10. The summed E-state index contributed by atoms with van der Waals surface area (Å²) in [5, 5.41) is 5.52. The van der Waals surface area contributed by atoms with Crippen molar-refractivity contribution >= 4 is 118 Å². The molecule has 1 aliphatic carbocycles. The molecule has 0 unspecified atom stereocenters. The van der Waals surface area contributed by atoms with E-state index in [4.69, 9.17) is 26.6 Å². The molecule has 18 rings (SSSR count). The van der Waals surface area contributed by atoms with Gasteiger partial charge >= 0.3 is 0 Å². The maximum absolute atomic E-state index is 6.14. The molecular formula is C77H54ClN7S4. The first kappa shape index (κ1) is 56.9. The van der Waals surface area contributed by atoms with Gasteiger partial charge in [0.1, 0.15) is 0 Å². The summed E-state index contributed by atoms with van der Waals surface area (Å²) >= 11 is 13.7. The van der Waals surface area contributed by atoms with Crippen LogP contribution in [0.4, 0.5) is 0 Å². The Hall–Kier alpha value is -9.85. The van der Waals surface area contributed by atoms with E-state index in [1.165, 1.54) is 59.5 Å². The Morgan fingerprint density at radius 2 is 0.607 bits per heavy atom. The molecule has 0 atom stereocenters. The molecule has 0 saturated heterocycles. The molecule has 0 fully saturated rings. The van der Waals surface area contributed by atoms with Gasteiger partial charge in [0.05, 0.1) is 20.4 Å². The van der Waals surface area contributed by atoms with Crippen molar-refractivity contribution in [2.24, 2.45) is 0 Å². The van der Waals surface area contributed by atoms with Gasteiger partial charge in [-0.2, -0.15) is 19.9 Å². The second-order valence-electron chi connectivity index (χ2n) is 21.0. The van der Waals surface area contributed by atoms with Gasteiger partial charge in [0.25, 0.3) is 0 Å². The van der Waals surface area contributed by atoms with Crippen molar-refractivity contribution in [2.75, 3.05) is 0 Å². The molecule has 0 N–H and O–H groups in total. The standard InChI is InChI=1S/C37H22N4S2.C21H14ClN3.C17H10S2.2CH4/c1-3-12-23(13-4-1)25-16-11-17-26(22-25)36-38-35(24-14-5-2-6-15-24)39-37(40-36)41-31-27-18-7-9-20-29(27)42-33(31)34-32(41)28-19-8-10-21-30(28)43-34;22-21-24-19(16-10-5-2-6-11-16)23-20(25-21)18-13-7-12-17(14-18)15-8-3-1-4-9-15;1-3-7-14-10(5-1)12-9-13-11-6-2-4-8-15(11)19-17(13)16(12)18-14;;/h1-22H;1-14H;1-8H,9H2;2*1H4. The van der Waals surface area contributed by atoms with Crippen LogP contribution < -0.4 is 0 Å². The van der Waals surface area contributed by atoms with E-state index >= 15 is 0 Å². The fraction of sp³-hybridized carbons (Fsp3) is 0.0390. The number of fused-ring (bicyclic) bond motifs is 14. The molecule has 0 spiro atoms. The summed E-state index contributed by atoms with van der Waals surface area (Å²) in [6.45, 7) is 0. The van der Waals surface area contributed by atoms with E-state index < -0.39 is 0 Å². The molecule has 0 amide bonds. The Morgan fingerprint density at radius 3 is 1.03 bits per heavy atom. The Bertz CT molecular complexity index is 5240. The van der Waals surface area contributed by atoms with Crippen LogP contribution in [-0.2, 0) is 6.42 Å². The average Bonchev–Trinajstić information content (AvgIpc) is 1.57. The summed E-state index contributed by atoms with van der Waals surface area (Å²) in [5.41, 5.74) is 13.7. The number of thiophene rings is 4. The van der Waals surface area contributed by atoms with E-state index in [1.807, 2.05) is 130 Å². The maximum atomic E-state index is 6.14. The molecule has 1 aliphatic rings. The summed E-state index contributed by atoms with van der Waals surface area (Å²) in [5.74, 6) is 3.06. The van der Waals surface area contributed by atoms with Gasteiger partial charge in [-0.05, 0) is 92.2 Å². The highest BCUT2D eigenvalue weighted by Gasteiger charge is 2.28. The number of rotatable bonds is 7. The lowest BCUT2D eigenvalue weighted by atomic mass is 10.0. The predicted octanol–water partition coefficient (Wildman–Crippen LogP) is 22.9. The van der Waals surface area contributed by atoms with Crippen LogP contribution in [0, 0.1) is 0 Å². The third-order valence-corrected chi connectivity index (χ3v) is 20.9. The van der Waals surface area contributed by atoms with Crippen molar-refractivity contribution in [3.8, 4) is 83.5 Å². The third kappa shape index (κ3) is 10.7. The predicted molar refractivity (Wildman–Crippen MR) is 381 cm³/mol. The van der Waals surface area contributed by atoms with Crippen molar-refractivity contribution in [3.05, 3.63) is 283 Å². The van der Waals surface area contributed by atoms with Crippen LogP contribution >= 0.6 is 56.9 Å². The fourth-order valence-electron chi connectivity index (χ4n) is 11.7. The van der Waals surface area contributed by atoms with Crippen molar-refractivity contribution in [2.45, 2.75) is 21.3 Å². The first-order valence-electron chi connectivity index (χ1n) is 28.5. The largest absolute Gasteiger partial charge is 0.275 e. The molecule has 10 aromatic carbocycles. The molecule has 17 aromatic rings. The van der Waals surface area contributed by atoms with Gasteiger partial charge in [0.15, 0.2) is 23.3 Å². The molecule has 0 radical (unpaired) electrons. The van der Waals surface area contributed by atoms with Crippen molar-refractivity contribution in [3.63, 3.8) is 0 Å². The molecule has 0 saturated carbocycles. The van der Waals surface area contributed by atoms with Gasteiger partial charge in [-0.3, -0.25) is 4.57 Å².